The summed E-state index contributed by atoms with van der Waals surface area (Å²) in [6.45, 7) is 3.69. The summed E-state index contributed by atoms with van der Waals surface area (Å²) in [5, 5.41) is 8.03. The Bertz CT molecular complexity index is 340. The van der Waals surface area contributed by atoms with Crippen molar-refractivity contribution in [1.82, 2.24) is 20.3 Å². The fourth-order valence-corrected chi connectivity index (χ4v) is 1.85. The van der Waals surface area contributed by atoms with Gasteiger partial charge in [0.15, 0.2) is 0 Å². The highest BCUT2D eigenvalue weighted by atomic mass is 32.2. The standard InChI is InChI=1S/C7H14N6OS/c1-4(6(14)11-8)5(2)15-7-12-10-3-13(7)9/h3-5H,8-9H2,1-2H3,(H,11,14). The molecule has 0 saturated carbocycles. The molecule has 2 atom stereocenters. The number of carbonyl (C=O) groups excluding carboxylic acids is 1. The van der Waals surface area contributed by atoms with Crippen molar-refractivity contribution >= 4 is 17.7 Å². The Balaban J connectivity index is 2.59. The van der Waals surface area contributed by atoms with Crippen LogP contribution in [0.15, 0.2) is 11.5 Å². The molecule has 0 spiro atoms. The maximum Gasteiger partial charge on any atom is 0.237 e. The maximum absolute atomic E-state index is 11.2. The first kappa shape index (κ1) is 11.8. The van der Waals surface area contributed by atoms with Crippen LogP contribution in [0.1, 0.15) is 13.8 Å². The second-order valence-corrected chi connectivity index (χ2v) is 4.49. The van der Waals surface area contributed by atoms with Gasteiger partial charge in [0, 0.05) is 11.2 Å². The zero-order valence-corrected chi connectivity index (χ0v) is 9.36. The third-order valence-electron chi connectivity index (χ3n) is 2.09. The van der Waals surface area contributed by atoms with Crippen LogP contribution in [0, 0.1) is 5.92 Å². The Morgan fingerprint density at radius 2 is 2.33 bits per heavy atom. The van der Waals surface area contributed by atoms with E-state index in [9.17, 15) is 4.79 Å². The predicted octanol–water partition coefficient (Wildman–Crippen LogP) is -0.901. The van der Waals surface area contributed by atoms with Gasteiger partial charge in [-0.2, -0.15) is 0 Å². The predicted molar refractivity (Wildman–Crippen MR) is 57.0 cm³/mol. The number of aromatic nitrogens is 3. The maximum atomic E-state index is 11.2. The third-order valence-corrected chi connectivity index (χ3v) is 3.37. The quantitative estimate of drug-likeness (QED) is 0.267. The van der Waals surface area contributed by atoms with Gasteiger partial charge in [-0.25, -0.2) is 10.5 Å². The van der Waals surface area contributed by atoms with E-state index in [-0.39, 0.29) is 17.1 Å². The van der Waals surface area contributed by atoms with Crippen molar-refractivity contribution in [3.05, 3.63) is 6.33 Å². The Hall–Kier alpha value is -1.28. The minimum Gasteiger partial charge on any atom is -0.336 e. The van der Waals surface area contributed by atoms with Gasteiger partial charge in [0.25, 0.3) is 0 Å². The molecule has 84 valence electrons. The van der Waals surface area contributed by atoms with E-state index in [0.29, 0.717) is 5.16 Å². The van der Waals surface area contributed by atoms with E-state index >= 15 is 0 Å². The van der Waals surface area contributed by atoms with Gasteiger partial charge in [0.05, 0.1) is 0 Å². The number of nitrogens with zero attached hydrogens (tertiary/aromatic N) is 3. The highest BCUT2D eigenvalue weighted by Gasteiger charge is 2.22. The lowest BCUT2D eigenvalue weighted by atomic mass is 10.1. The summed E-state index contributed by atoms with van der Waals surface area (Å²) in [5.41, 5.74) is 2.11. The molecule has 15 heavy (non-hydrogen) atoms. The number of hydrazine groups is 1. The molecule has 1 aromatic rings. The number of carbonyl (C=O) groups is 1. The molecule has 1 aromatic heterocycles. The second kappa shape index (κ2) is 4.99. The molecular weight excluding hydrogens is 216 g/mol. The van der Waals surface area contributed by atoms with E-state index in [0.717, 1.165) is 0 Å². The smallest absolute Gasteiger partial charge is 0.237 e. The number of rotatable bonds is 4. The van der Waals surface area contributed by atoms with Gasteiger partial charge in [0.2, 0.25) is 11.1 Å². The summed E-state index contributed by atoms with van der Waals surface area (Å²) in [6.07, 6.45) is 1.41. The molecule has 1 rings (SSSR count). The first-order chi connectivity index (χ1) is 7.06. The van der Waals surface area contributed by atoms with E-state index in [1.807, 2.05) is 6.92 Å². The van der Waals surface area contributed by atoms with Crippen LogP contribution in [0.5, 0.6) is 0 Å². The van der Waals surface area contributed by atoms with Crippen molar-refractivity contribution in [3.8, 4) is 0 Å². The van der Waals surface area contributed by atoms with Crippen LogP contribution in [0.3, 0.4) is 0 Å². The molecular formula is C7H14N6OS. The van der Waals surface area contributed by atoms with E-state index in [2.05, 4.69) is 15.6 Å². The molecule has 0 aromatic carbocycles. The lowest BCUT2D eigenvalue weighted by molar-refractivity contribution is -0.124. The van der Waals surface area contributed by atoms with Crippen LogP contribution in [0.4, 0.5) is 0 Å². The zero-order chi connectivity index (χ0) is 11.4. The molecule has 7 nitrogen and oxygen atoms in total. The van der Waals surface area contributed by atoms with Crippen LogP contribution in [-0.2, 0) is 4.79 Å². The van der Waals surface area contributed by atoms with Crippen molar-refractivity contribution in [2.24, 2.45) is 11.8 Å². The van der Waals surface area contributed by atoms with Crippen LogP contribution in [0.25, 0.3) is 0 Å². The highest BCUT2D eigenvalue weighted by Crippen LogP contribution is 2.25. The number of thioether (sulfide) groups is 1. The molecule has 0 aliphatic heterocycles. The minimum atomic E-state index is -0.225. The molecule has 8 heteroatoms. The molecule has 0 aliphatic rings. The van der Waals surface area contributed by atoms with Crippen LogP contribution >= 0.6 is 11.8 Å². The van der Waals surface area contributed by atoms with Gasteiger partial charge >= 0.3 is 0 Å². The number of hydrogen-bond donors (Lipinski definition) is 3. The van der Waals surface area contributed by atoms with Crippen molar-refractivity contribution in [2.45, 2.75) is 24.3 Å². The van der Waals surface area contributed by atoms with Gasteiger partial charge < -0.3 is 5.84 Å². The molecule has 5 N–H and O–H groups in total. The minimum absolute atomic E-state index is 0.0139. The van der Waals surface area contributed by atoms with Crippen molar-refractivity contribution in [2.75, 3.05) is 5.84 Å². The molecule has 2 unspecified atom stereocenters. The first-order valence-electron chi connectivity index (χ1n) is 4.38. The summed E-state index contributed by atoms with van der Waals surface area (Å²) >= 11 is 1.38. The monoisotopic (exact) mass is 230 g/mol. The van der Waals surface area contributed by atoms with E-state index in [1.165, 1.54) is 22.8 Å². The molecule has 0 aliphatic carbocycles. The average Bonchev–Trinajstić information content (AvgIpc) is 2.62. The van der Waals surface area contributed by atoms with Crippen LogP contribution in [0.2, 0.25) is 0 Å². The number of nitrogens with one attached hydrogen (secondary N) is 1. The Kier molecular flexibility index (Phi) is 3.92. The van der Waals surface area contributed by atoms with E-state index < -0.39 is 0 Å². The number of nitrogens with two attached hydrogens (primary N) is 2. The number of amides is 1. The molecule has 0 bridgehead atoms. The summed E-state index contributed by atoms with van der Waals surface area (Å²) in [7, 11) is 0. The Morgan fingerprint density at radius 3 is 2.80 bits per heavy atom. The third kappa shape index (κ3) is 2.83. The number of hydrogen-bond acceptors (Lipinski definition) is 6. The Labute approximate surface area is 91.5 Å². The van der Waals surface area contributed by atoms with Crippen molar-refractivity contribution in [3.63, 3.8) is 0 Å². The lowest BCUT2D eigenvalue weighted by Gasteiger charge is -2.16. The van der Waals surface area contributed by atoms with Gasteiger partial charge in [-0.05, 0) is 0 Å². The first-order valence-corrected chi connectivity index (χ1v) is 5.26. The second-order valence-electron chi connectivity index (χ2n) is 3.14. The fourth-order valence-electron chi connectivity index (χ4n) is 0.929. The topological polar surface area (TPSA) is 112 Å². The van der Waals surface area contributed by atoms with Gasteiger partial charge in [-0.1, -0.05) is 25.6 Å². The molecule has 0 fully saturated rings. The summed E-state index contributed by atoms with van der Waals surface area (Å²) in [4.78, 5) is 11.2. The molecule has 0 saturated heterocycles. The fraction of sp³-hybridized carbons (Fsp3) is 0.571. The van der Waals surface area contributed by atoms with Crippen molar-refractivity contribution in [1.29, 1.82) is 0 Å². The van der Waals surface area contributed by atoms with Gasteiger partial charge in [-0.3, -0.25) is 10.2 Å². The molecule has 0 radical (unpaired) electrons. The Morgan fingerprint density at radius 1 is 1.67 bits per heavy atom. The van der Waals surface area contributed by atoms with E-state index in [1.54, 1.807) is 6.92 Å². The summed E-state index contributed by atoms with van der Waals surface area (Å²) in [5.74, 6) is 10.2. The highest BCUT2D eigenvalue weighted by molar-refractivity contribution is 7.99. The van der Waals surface area contributed by atoms with Crippen LogP contribution in [-0.4, -0.2) is 26.0 Å². The molecule has 1 amide bonds. The van der Waals surface area contributed by atoms with Crippen LogP contribution < -0.4 is 17.1 Å². The SMILES string of the molecule is CC(Sc1nncn1N)C(C)C(=O)NN. The van der Waals surface area contributed by atoms with Gasteiger partial charge in [-0.15, -0.1) is 10.2 Å². The largest absolute Gasteiger partial charge is 0.336 e. The summed E-state index contributed by atoms with van der Waals surface area (Å²) < 4.78 is 1.31. The molecule has 1 heterocycles. The average molecular weight is 230 g/mol. The normalized spacial score (nSPS) is 14.6. The zero-order valence-electron chi connectivity index (χ0n) is 8.54. The lowest BCUT2D eigenvalue weighted by Crippen LogP contribution is -2.38. The van der Waals surface area contributed by atoms with Crippen molar-refractivity contribution < 1.29 is 4.79 Å². The summed E-state index contributed by atoms with van der Waals surface area (Å²) in [6, 6.07) is 0. The number of nitrogen functional groups attached to an aromatic ring is 1. The van der Waals surface area contributed by atoms with Gasteiger partial charge in [0.1, 0.15) is 6.33 Å². The van der Waals surface area contributed by atoms with E-state index in [4.69, 9.17) is 11.7 Å².